The second kappa shape index (κ2) is 3.29. The molecule has 0 heterocycles. The maximum absolute atomic E-state index is 9.93. The van der Waals surface area contributed by atoms with E-state index in [9.17, 15) is 8.76 Å². The van der Waals surface area contributed by atoms with Gasteiger partial charge in [-0.25, -0.2) is 4.72 Å². The summed E-state index contributed by atoms with van der Waals surface area (Å²) in [5, 5.41) is 0. The molecule has 0 fully saturated rings. The first kappa shape index (κ1) is 9.07. The Kier molecular flexibility index (Phi) is 3.32. The summed E-state index contributed by atoms with van der Waals surface area (Å²) in [6.07, 6.45) is 0. The molecule has 1 atom stereocenters. The summed E-state index contributed by atoms with van der Waals surface area (Å²) in [5.41, 5.74) is 0.0278. The van der Waals surface area contributed by atoms with Gasteiger partial charge in [0, 0.05) is 17.8 Å². The van der Waals surface area contributed by atoms with Gasteiger partial charge in [0.1, 0.15) is 0 Å². The van der Waals surface area contributed by atoms with Crippen LogP contribution in [0.25, 0.3) is 0 Å². The minimum atomic E-state index is -2.11. The largest absolute Gasteiger partial charge is 0.760 e. The van der Waals surface area contributed by atoms with Crippen LogP contribution in [0.3, 0.4) is 0 Å². The lowest BCUT2D eigenvalue weighted by Gasteiger charge is -2.19. The van der Waals surface area contributed by atoms with Gasteiger partial charge >= 0.3 is 0 Å². The van der Waals surface area contributed by atoms with Gasteiger partial charge in [0.15, 0.2) is 0 Å². The first-order valence-electron chi connectivity index (χ1n) is 2.74. The van der Waals surface area contributed by atoms with Crippen molar-refractivity contribution in [2.24, 2.45) is 5.41 Å². The number of nitrogens with one attached hydrogen (secondary N) is 1. The highest BCUT2D eigenvalue weighted by molar-refractivity contribution is 7.77. The van der Waals surface area contributed by atoms with E-state index in [-0.39, 0.29) is 5.41 Å². The molecule has 0 saturated carbocycles. The number of hydrogen-bond acceptors (Lipinski definition) is 2. The van der Waals surface area contributed by atoms with Crippen molar-refractivity contribution in [3.05, 3.63) is 0 Å². The highest BCUT2D eigenvalue weighted by atomic mass is 32.2. The van der Waals surface area contributed by atoms with Gasteiger partial charge in [-0.05, 0) is 5.41 Å². The normalized spacial score (nSPS) is 15.6. The van der Waals surface area contributed by atoms with E-state index in [1.54, 1.807) is 0 Å². The highest BCUT2D eigenvalue weighted by Crippen LogP contribution is 2.09. The van der Waals surface area contributed by atoms with Gasteiger partial charge in [-0.15, -0.1) is 0 Å². The minimum absolute atomic E-state index is 0.0278. The Morgan fingerprint density at radius 2 is 2.00 bits per heavy atom. The maximum Gasteiger partial charge on any atom is 0.0181 e. The van der Waals surface area contributed by atoms with E-state index in [1.807, 2.05) is 20.8 Å². The fraction of sp³-hybridized carbons (Fsp3) is 1.00. The van der Waals surface area contributed by atoms with Crippen molar-refractivity contribution in [3.8, 4) is 0 Å². The molecule has 0 amide bonds. The van der Waals surface area contributed by atoms with Gasteiger partial charge in [-0.3, -0.25) is 4.21 Å². The van der Waals surface area contributed by atoms with E-state index in [4.69, 9.17) is 0 Å². The predicted molar refractivity (Wildman–Crippen MR) is 36.4 cm³/mol. The Balaban J connectivity index is 3.39. The minimum Gasteiger partial charge on any atom is -0.760 e. The summed E-state index contributed by atoms with van der Waals surface area (Å²) in [7, 11) is 0. The molecule has 4 heteroatoms. The summed E-state index contributed by atoms with van der Waals surface area (Å²) in [5.74, 6) is 0. The molecule has 0 rings (SSSR count). The summed E-state index contributed by atoms with van der Waals surface area (Å²) in [4.78, 5) is 0. The molecule has 56 valence electrons. The molecule has 0 aromatic heterocycles. The van der Waals surface area contributed by atoms with Gasteiger partial charge in [0.2, 0.25) is 0 Å². The van der Waals surface area contributed by atoms with Crippen LogP contribution in [0.15, 0.2) is 0 Å². The van der Waals surface area contributed by atoms with Crippen molar-refractivity contribution in [2.75, 3.05) is 6.54 Å². The summed E-state index contributed by atoms with van der Waals surface area (Å²) >= 11 is -2.11. The first-order chi connectivity index (χ1) is 3.92. The van der Waals surface area contributed by atoms with Crippen LogP contribution >= 0.6 is 0 Å². The predicted octanol–water partition coefficient (Wildman–Crippen LogP) is 0.416. The van der Waals surface area contributed by atoms with Crippen LogP contribution < -0.4 is 4.72 Å². The maximum atomic E-state index is 9.93. The van der Waals surface area contributed by atoms with Crippen molar-refractivity contribution >= 4 is 11.3 Å². The van der Waals surface area contributed by atoms with Gasteiger partial charge in [-0.2, -0.15) is 0 Å². The standard InChI is InChI=1S/C5H13NO2S/c1-5(2,3)4-6-9(7)8/h6H,4H2,1-3H3,(H,7,8)/p-1. The Morgan fingerprint density at radius 3 is 2.11 bits per heavy atom. The van der Waals surface area contributed by atoms with Crippen LogP contribution in [0.4, 0.5) is 0 Å². The Labute approximate surface area is 58.3 Å². The third kappa shape index (κ3) is 8.07. The van der Waals surface area contributed by atoms with Gasteiger partial charge in [-0.1, -0.05) is 20.8 Å². The van der Waals surface area contributed by atoms with Crippen LogP contribution in [0, 0.1) is 5.41 Å². The van der Waals surface area contributed by atoms with Crippen molar-refractivity contribution in [3.63, 3.8) is 0 Å². The summed E-state index contributed by atoms with van der Waals surface area (Å²) in [6, 6.07) is 0. The SMILES string of the molecule is CC(C)(C)CNS(=O)[O-]. The average Bonchev–Trinajstić information content (AvgIpc) is 1.59. The topological polar surface area (TPSA) is 52.2 Å². The first-order valence-corrected chi connectivity index (χ1v) is 3.82. The van der Waals surface area contributed by atoms with Gasteiger partial charge in [0.05, 0.1) is 0 Å². The number of rotatable bonds is 2. The van der Waals surface area contributed by atoms with Crippen molar-refractivity contribution in [2.45, 2.75) is 20.8 Å². The molecule has 0 aromatic carbocycles. The van der Waals surface area contributed by atoms with E-state index in [0.717, 1.165) is 0 Å². The zero-order chi connectivity index (χ0) is 7.49. The molecule has 0 aliphatic carbocycles. The van der Waals surface area contributed by atoms with Crippen LogP contribution in [0.2, 0.25) is 0 Å². The highest BCUT2D eigenvalue weighted by Gasteiger charge is 2.08. The molecule has 0 saturated heterocycles. The number of hydrogen-bond donors (Lipinski definition) is 1. The van der Waals surface area contributed by atoms with Crippen LogP contribution in [0.1, 0.15) is 20.8 Å². The van der Waals surface area contributed by atoms with E-state index in [0.29, 0.717) is 6.54 Å². The second-order valence-electron chi connectivity index (χ2n) is 3.12. The lowest BCUT2D eigenvalue weighted by molar-refractivity contribution is 0.402. The lowest BCUT2D eigenvalue weighted by atomic mass is 9.98. The summed E-state index contributed by atoms with van der Waals surface area (Å²) < 4.78 is 22.2. The van der Waals surface area contributed by atoms with E-state index in [1.165, 1.54) is 0 Å². The molecule has 0 aliphatic heterocycles. The van der Waals surface area contributed by atoms with Gasteiger partial charge < -0.3 is 4.55 Å². The quantitative estimate of drug-likeness (QED) is 0.580. The van der Waals surface area contributed by atoms with Crippen LogP contribution in [0.5, 0.6) is 0 Å². The monoisotopic (exact) mass is 150 g/mol. The third-order valence-corrected chi connectivity index (χ3v) is 1.10. The third-order valence-electron chi connectivity index (χ3n) is 0.720. The second-order valence-corrected chi connectivity index (χ2v) is 3.87. The zero-order valence-electron chi connectivity index (χ0n) is 5.93. The van der Waals surface area contributed by atoms with Crippen LogP contribution in [-0.2, 0) is 11.3 Å². The molecule has 1 unspecified atom stereocenters. The molecule has 0 aliphatic rings. The molecule has 0 spiro atoms. The molecular formula is C5H12NO2S-. The Morgan fingerprint density at radius 1 is 1.56 bits per heavy atom. The molecule has 3 nitrogen and oxygen atoms in total. The molecule has 0 bridgehead atoms. The smallest absolute Gasteiger partial charge is 0.0181 e. The molecule has 0 radical (unpaired) electrons. The molecule has 0 aromatic rings. The van der Waals surface area contributed by atoms with Crippen molar-refractivity contribution in [1.82, 2.24) is 4.72 Å². The fourth-order valence-corrected chi connectivity index (χ4v) is 0.826. The van der Waals surface area contributed by atoms with Crippen LogP contribution in [-0.4, -0.2) is 15.3 Å². The van der Waals surface area contributed by atoms with E-state index >= 15 is 0 Å². The van der Waals surface area contributed by atoms with Crippen molar-refractivity contribution in [1.29, 1.82) is 0 Å². The van der Waals surface area contributed by atoms with Crippen molar-refractivity contribution < 1.29 is 8.76 Å². The summed E-state index contributed by atoms with van der Waals surface area (Å²) in [6.45, 7) is 6.38. The molecular weight excluding hydrogens is 138 g/mol. The van der Waals surface area contributed by atoms with Gasteiger partial charge in [0.25, 0.3) is 0 Å². The fourth-order valence-electron chi connectivity index (χ4n) is 0.275. The Bertz CT molecular complexity index is 108. The molecule has 1 N–H and O–H groups in total. The molecule has 9 heavy (non-hydrogen) atoms. The zero-order valence-corrected chi connectivity index (χ0v) is 6.75. The van der Waals surface area contributed by atoms with E-state index < -0.39 is 11.3 Å². The Hall–Kier alpha value is 0.0700. The average molecular weight is 150 g/mol. The lowest BCUT2D eigenvalue weighted by Crippen LogP contribution is -2.28. The van der Waals surface area contributed by atoms with E-state index in [2.05, 4.69) is 4.72 Å².